The Bertz CT molecular complexity index is 1070. The second kappa shape index (κ2) is 7.43. The highest BCUT2D eigenvalue weighted by molar-refractivity contribution is 6.07. The maximum Gasteiger partial charge on any atom is 0.252 e. The molecule has 1 amide bonds. The number of hydrogen-bond acceptors (Lipinski definition) is 4. The molecule has 0 aliphatic heterocycles. The summed E-state index contributed by atoms with van der Waals surface area (Å²) in [6.45, 7) is 0.952. The van der Waals surface area contributed by atoms with Crippen molar-refractivity contribution in [3.8, 4) is 11.3 Å². The molecule has 0 aliphatic rings. The number of hydrogen-bond donors (Lipinski definition) is 2. The summed E-state index contributed by atoms with van der Waals surface area (Å²) in [6.07, 6.45) is 3.22. The lowest BCUT2D eigenvalue weighted by Gasteiger charge is -2.10. The van der Waals surface area contributed by atoms with Crippen LogP contribution in [-0.2, 0) is 13.1 Å². The highest BCUT2D eigenvalue weighted by Gasteiger charge is 2.14. The Morgan fingerprint density at radius 2 is 1.81 bits per heavy atom. The van der Waals surface area contributed by atoms with Crippen molar-refractivity contribution in [1.29, 1.82) is 0 Å². The van der Waals surface area contributed by atoms with Crippen molar-refractivity contribution in [1.82, 2.24) is 10.3 Å². The van der Waals surface area contributed by atoms with Gasteiger partial charge in [-0.25, -0.2) is 4.98 Å². The Balaban J connectivity index is 1.63. The minimum Gasteiger partial charge on any atom is -0.472 e. The first-order chi connectivity index (χ1) is 13.2. The van der Waals surface area contributed by atoms with Crippen LogP contribution in [0.25, 0.3) is 22.2 Å². The molecule has 0 saturated heterocycles. The first kappa shape index (κ1) is 17.0. The number of rotatable bonds is 5. The van der Waals surface area contributed by atoms with E-state index in [1.54, 1.807) is 18.6 Å². The van der Waals surface area contributed by atoms with E-state index < -0.39 is 0 Å². The van der Waals surface area contributed by atoms with Gasteiger partial charge in [0.1, 0.15) is 0 Å². The van der Waals surface area contributed by atoms with Gasteiger partial charge < -0.3 is 15.5 Å². The number of carbonyl (C=O) groups is 1. The standard InChI is InChI=1S/C22H19N3O2/c23-12-15-5-7-16(8-6-15)13-24-22(26)19-11-21(17-9-10-27-14-17)25-20-4-2-1-3-18(19)20/h1-11,14H,12-13,23H2,(H,24,26). The number of furan rings is 1. The monoisotopic (exact) mass is 357 g/mol. The van der Waals surface area contributed by atoms with Crippen LogP contribution in [0.4, 0.5) is 0 Å². The van der Waals surface area contributed by atoms with Gasteiger partial charge in [0.15, 0.2) is 0 Å². The first-order valence-corrected chi connectivity index (χ1v) is 8.73. The minimum absolute atomic E-state index is 0.138. The number of nitrogens with two attached hydrogens (primary N) is 1. The highest BCUT2D eigenvalue weighted by Crippen LogP contribution is 2.25. The zero-order valence-electron chi connectivity index (χ0n) is 14.7. The summed E-state index contributed by atoms with van der Waals surface area (Å²) in [7, 11) is 0. The Kier molecular flexibility index (Phi) is 4.68. The van der Waals surface area contributed by atoms with E-state index in [0.717, 1.165) is 27.6 Å². The number of para-hydroxylation sites is 1. The molecule has 3 N–H and O–H groups in total. The van der Waals surface area contributed by atoms with Crippen molar-refractivity contribution in [2.24, 2.45) is 5.73 Å². The van der Waals surface area contributed by atoms with Crippen LogP contribution in [0.3, 0.4) is 0 Å². The van der Waals surface area contributed by atoms with E-state index in [9.17, 15) is 4.79 Å². The predicted octanol–water partition coefficient (Wildman–Crippen LogP) is 3.88. The second-order valence-electron chi connectivity index (χ2n) is 6.29. The number of amides is 1. The van der Waals surface area contributed by atoms with Crippen LogP contribution in [0.2, 0.25) is 0 Å². The lowest BCUT2D eigenvalue weighted by molar-refractivity contribution is 0.0952. The van der Waals surface area contributed by atoms with Crippen LogP contribution in [-0.4, -0.2) is 10.9 Å². The number of nitrogens with zero attached hydrogens (tertiary/aromatic N) is 1. The van der Waals surface area contributed by atoms with Crippen molar-refractivity contribution in [3.63, 3.8) is 0 Å². The summed E-state index contributed by atoms with van der Waals surface area (Å²) in [6, 6.07) is 19.2. The van der Waals surface area contributed by atoms with Gasteiger partial charge in [0, 0.05) is 24.0 Å². The molecule has 0 spiro atoms. The molecule has 4 aromatic rings. The first-order valence-electron chi connectivity index (χ1n) is 8.73. The lowest BCUT2D eigenvalue weighted by atomic mass is 10.0. The molecule has 5 heteroatoms. The summed E-state index contributed by atoms with van der Waals surface area (Å²) >= 11 is 0. The molecule has 4 rings (SSSR count). The topological polar surface area (TPSA) is 81.1 Å². The fourth-order valence-corrected chi connectivity index (χ4v) is 2.99. The predicted molar refractivity (Wildman–Crippen MR) is 105 cm³/mol. The Morgan fingerprint density at radius 1 is 1.04 bits per heavy atom. The van der Waals surface area contributed by atoms with E-state index >= 15 is 0 Å². The van der Waals surface area contributed by atoms with Gasteiger partial charge in [0.25, 0.3) is 5.91 Å². The van der Waals surface area contributed by atoms with Gasteiger partial charge in [-0.15, -0.1) is 0 Å². The van der Waals surface area contributed by atoms with Crippen molar-refractivity contribution in [2.45, 2.75) is 13.1 Å². The molecule has 0 fully saturated rings. The maximum absolute atomic E-state index is 12.9. The lowest BCUT2D eigenvalue weighted by Crippen LogP contribution is -2.23. The molecule has 0 aliphatic carbocycles. The normalized spacial score (nSPS) is 10.9. The third-order valence-corrected chi connectivity index (χ3v) is 4.49. The zero-order valence-corrected chi connectivity index (χ0v) is 14.7. The van der Waals surface area contributed by atoms with Crippen LogP contribution in [0.15, 0.2) is 77.6 Å². The number of aromatic nitrogens is 1. The molecule has 134 valence electrons. The van der Waals surface area contributed by atoms with Crippen molar-refractivity contribution >= 4 is 16.8 Å². The molecule has 0 unspecified atom stereocenters. The van der Waals surface area contributed by atoms with E-state index in [2.05, 4.69) is 10.3 Å². The zero-order chi connectivity index (χ0) is 18.6. The van der Waals surface area contributed by atoms with Crippen LogP contribution in [0, 0.1) is 0 Å². The van der Waals surface area contributed by atoms with Gasteiger partial charge in [-0.3, -0.25) is 4.79 Å². The van der Waals surface area contributed by atoms with E-state index in [1.807, 2.05) is 54.6 Å². The fraction of sp³-hybridized carbons (Fsp3) is 0.0909. The summed E-state index contributed by atoms with van der Waals surface area (Å²) in [5.41, 5.74) is 10.6. The third-order valence-electron chi connectivity index (χ3n) is 4.49. The van der Waals surface area contributed by atoms with Gasteiger partial charge in [0.05, 0.1) is 29.3 Å². The Morgan fingerprint density at radius 3 is 2.56 bits per heavy atom. The molecule has 2 aromatic carbocycles. The molecule has 0 atom stereocenters. The molecule has 2 heterocycles. The van der Waals surface area contributed by atoms with Crippen LogP contribution in [0.5, 0.6) is 0 Å². The second-order valence-corrected chi connectivity index (χ2v) is 6.29. The summed E-state index contributed by atoms with van der Waals surface area (Å²) in [5, 5.41) is 3.82. The van der Waals surface area contributed by atoms with Gasteiger partial charge in [-0.1, -0.05) is 42.5 Å². The molecule has 27 heavy (non-hydrogen) atoms. The van der Waals surface area contributed by atoms with Gasteiger partial charge in [-0.05, 0) is 29.3 Å². The van der Waals surface area contributed by atoms with Crippen molar-refractivity contribution in [3.05, 3.63) is 89.9 Å². The molecular formula is C22H19N3O2. The highest BCUT2D eigenvalue weighted by atomic mass is 16.3. The number of fused-ring (bicyclic) bond motifs is 1. The van der Waals surface area contributed by atoms with E-state index in [4.69, 9.17) is 10.2 Å². The van der Waals surface area contributed by atoms with Crippen LogP contribution >= 0.6 is 0 Å². The molecule has 0 bridgehead atoms. The van der Waals surface area contributed by atoms with Gasteiger partial charge in [0.2, 0.25) is 0 Å². The van der Waals surface area contributed by atoms with Gasteiger partial charge in [-0.2, -0.15) is 0 Å². The van der Waals surface area contributed by atoms with E-state index in [1.165, 1.54) is 0 Å². The molecular weight excluding hydrogens is 338 g/mol. The molecule has 5 nitrogen and oxygen atoms in total. The quantitative estimate of drug-likeness (QED) is 0.568. The maximum atomic E-state index is 12.9. The smallest absolute Gasteiger partial charge is 0.252 e. The van der Waals surface area contributed by atoms with Crippen LogP contribution < -0.4 is 11.1 Å². The SMILES string of the molecule is NCc1ccc(CNC(=O)c2cc(-c3ccoc3)nc3ccccc23)cc1. The third kappa shape index (κ3) is 3.59. The number of benzene rings is 2. The van der Waals surface area contributed by atoms with Crippen LogP contribution in [0.1, 0.15) is 21.5 Å². The average Bonchev–Trinajstić information content (AvgIpc) is 3.26. The summed E-state index contributed by atoms with van der Waals surface area (Å²) in [4.78, 5) is 17.5. The summed E-state index contributed by atoms with van der Waals surface area (Å²) < 4.78 is 5.16. The Labute approximate surface area is 156 Å². The number of carbonyl (C=O) groups excluding carboxylic acids is 1. The number of pyridine rings is 1. The largest absolute Gasteiger partial charge is 0.472 e. The fourth-order valence-electron chi connectivity index (χ4n) is 2.99. The van der Waals surface area contributed by atoms with Crippen molar-refractivity contribution in [2.75, 3.05) is 0 Å². The van der Waals surface area contributed by atoms with Gasteiger partial charge >= 0.3 is 0 Å². The number of nitrogens with one attached hydrogen (secondary N) is 1. The minimum atomic E-state index is -0.138. The summed E-state index contributed by atoms with van der Waals surface area (Å²) in [5.74, 6) is -0.138. The van der Waals surface area contributed by atoms with E-state index in [-0.39, 0.29) is 5.91 Å². The van der Waals surface area contributed by atoms with E-state index in [0.29, 0.717) is 24.3 Å². The molecule has 0 saturated carbocycles. The van der Waals surface area contributed by atoms with Crippen molar-refractivity contribution < 1.29 is 9.21 Å². The average molecular weight is 357 g/mol. The Hall–Kier alpha value is -3.44. The molecule has 0 radical (unpaired) electrons. The molecule has 2 aromatic heterocycles.